The topological polar surface area (TPSA) is 87.2 Å². The molecule has 134 valence electrons. The van der Waals surface area contributed by atoms with Gasteiger partial charge in [0.25, 0.3) is 0 Å². The number of aliphatic carboxylic acids is 1. The number of carbonyl (C=O) groups is 3. The average Bonchev–Trinajstić information content (AvgIpc) is 2.61. The van der Waals surface area contributed by atoms with Crippen molar-refractivity contribution in [3.63, 3.8) is 0 Å². The van der Waals surface area contributed by atoms with Crippen molar-refractivity contribution in [2.45, 2.75) is 31.9 Å². The first-order chi connectivity index (χ1) is 12.0. The van der Waals surface area contributed by atoms with Crippen molar-refractivity contribution in [2.24, 2.45) is 0 Å². The third-order valence-electron chi connectivity index (χ3n) is 4.88. The van der Waals surface area contributed by atoms with Gasteiger partial charge in [-0.1, -0.05) is 24.3 Å². The van der Waals surface area contributed by atoms with E-state index < -0.39 is 12.1 Å². The van der Waals surface area contributed by atoms with Gasteiger partial charge in [0, 0.05) is 20.0 Å². The zero-order chi connectivity index (χ0) is 18.0. The van der Waals surface area contributed by atoms with Crippen LogP contribution in [-0.4, -0.2) is 65.0 Å². The number of benzene rings is 1. The molecule has 1 N–H and O–H groups in total. The summed E-state index contributed by atoms with van der Waals surface area (Å²) in [4.78, 5) is 39.1. The molecule has 7 nitrogen and oxygen atoms in total. The summed E-state index contributed by atoms with van der Waals surface area (Å²) < 4.78 is 5.17. The summed E-state index contributed by atoms with van der Waals surface area (Å²) in [6.45, 7) is 2.73. The largest absolute Gasteiger partial charge is 0.479 e. The number of hydrogen-bond acceptors (Lipinski definition) is 4. The van der Waals surface area contributed by atoms with E-state index in [-0.39, 0.29) is 37.4 Å². The van der Waals surface area contributed by atoms with E-state index in [1.54, 1.807) is 4.90 Å². The van der Waals surface area contributed by atoms with Crippen LogP contribution in [0.1, 0.15) is 30.5 Å². The molecule has 2 heterocycles. The summed E-state index contributed by atoms with van der Waals surface area (Å²) in [6.07, 6.45) is -0.0533. The molecular weight excluding hydrogens is 324 g/mol. The second-order valence-electron chi connectivity index (χ2n) is 6.42. The number of carboxylic acids is 1. The molecule has 0 saturated carbocycles. The van der Waals surface area contributed by atoms with Crippen LogP contribution in [0.15, 0.2) is 24.3 Å². The summed E-state index contributed by atoms with van der Waals surface area (Å²) in [5.41, 5.74) is 2.16. The number of fused-ring (bicyclic) bond motifs is 1. The lowest BCUT2D eigenvalue weighted by Gasteiger charge is -2.38. The Morgan fingerprint density at radius 3 is 2.72 bits per heavy atom. The molecular formula is C18H22N2O5. The fourth-order valence-electron chi connectivity index (χ4n) is 3.57. The SMILES string of the molecule is CC(=O)N1CCc2ccccc2[C@@H]1CC(=O)N1CCO[C@@H](C(=O)O)C1. The van der Waals surface area contributed by atoms with Crippen molar-refractivity contribution in [1.82, 2.24) is 9.80 Å². The number of morpholine rings is 1. The molecule has 0 bridgehead atoms. The van der Waals surface area contributed by atoms with Gasteiger partial charge in [-0.05, 0) is 17.5 Å². The van der Waals surface area contributed by atoms with Crippen LogP contribution in [0.3, 0.4) is 0 Å². The lowest BCUT2D eigenvalue weighted by molar-refractivity contribution is -0.159. The van der Waals surface area contributed by atoms with E-state index in [1.165, 1.54) is 11.8 Å². The minimum atomic E-state index is -1.06. The number of nitrogens with zero attached hydrogens (tertiary/aromatic N) is 2. The van der Waals surface area contributed by atoms with Crippen molar-refractivity contribution in [2.75, 3.05) is 26.2 Å². The number of hydrogen-bond donors (Lipinski definition) is 1. The molecule has 2 aliphatic rings. The van der Waals surface area contributed by atoms with Gasteiger partial charge >= 0.3 is 5.97 Å². The van der Waals surface area contributed by atoms with Gasteiger partial charge in [-0.2, -0.15) is 0 Å². The molecule has 3 rings (SSSR count). The molecule has 7 heteroatoms. The average molecular weight is 346 g/mol. The van der Waals surface area contributed by atoms with Gasteiger partial charge in [-0.25, -0.2) is 4.79 Å². The van der Waals surface area contributed by atoms with Crippen LogP contribution in [0.4, 0.5) is 0 Å². The third-order valence-corrected chi connectivity index (χ3v) is 4.88. The van der Waals surface area contributed by atoms with Crippen LogP contribution in [0.5, 0.6) is 0 Å². The van der Waals surface area contributed by atoms with E-state index in [1.807, 2.05) is 24.3 Å². The van der Waals surface area contributed by atoms with Crippen LogP contribution >= 0.6 is 0 Å². The van der Waals surface area contributed by atoms with E-state index in [4.69, 9.17) is 9.84 Å². The Bertz CT molecular complexity index is 690. The zero-order valence-electron chi connectivity index (χ0n) is 14.2. The maximum atomic E-state index is 12.8. The molecule has 0 aliphatic carbocycles. The number of ether oxygens (including phenoxy) is 1. The lowest BCUT2D eigenvalue weighted by Crippen LogP contribution is -2.50. The van der Waals surface area contributed by atoms with E-state index in [0.717, 1.165) is 17.5 Å². The van der Waals surface area contributed by atoms with Crippen LogP contribution in [-0.2, 0) is 25.5 Å². The molecule has 1 saturated heterocycles. The van der Waals surface area contributed by atoms with Gasteiger partial charge in [0.2, 0.25) is 11.8 Å². The molecule has 0 aromatic heterocycles. The first-order valence-electron chi connectivity index (χ1n) is 8.44. The summed E-state index contributed by atoms with van der Waals surface area (Å²) in [7, 11) is 0. The number of carbonyl (C=O) groups excluding carboxylic acids is 2. The van der Waals surface area contributed by atoms with Crippen molar-refractivity contribution in [1.29, 1.82) is 0 Å². The fourth-order valence-corrected chi connectivity index (χ4v) is 3.57. The van der Waals surface area contributed by atoms with Crippen molar-refractivity contribution in [3.05, 3.63) is 35.4 Å². The predicted octanol–water partition coefficient (Wildman–Crippen LogP) is 0.834. The molecule has 0 radical (unpaired) electrons. The van der Waals surface area contributed by atoms with Gasteiger partial charge in [-0.15, -0.1) is 0 Å². The molecule has 2 aliphatic heterocycles. The number of amides is 2. The zero-order valence-corrected chi connectivity index (χ0v) is 14.2. The first-order valence-corrected chi connectivity index (χ1v) is 8.44. The second kappa shape index (κ2) is 7.23. The highest BCUT2D eigenvalue weighted by atomic mass is 16.5. The van der Waals surface area contributed by atoms with Crippen molar-refractivity contribution < 1.29 is 24.2 Å². The van der Waals surface area contributed by atoms with E-state index >= 15 is 0 Å². The quantitative estimate of drug-likeness (QED) is 0.876. The highest BCUT2D eigenvalue weighted by Crippen LogP contribution is 2.33. The lowest BCUT2D eigenvalue weighted by atomic mass is 9.90. The summed E-state index contributed by atoms with van der Waals surface area (Å²) in [5, 5.41) is 9.09. The van der Waals surface area contributed by atoms with Crippen LogP contribution in [0, 0.1) is 0 Å². The summed E-state index contributed by atoms with van der Waals surface area (Å²) >= 11 is 0. The van der Waals surface area contributed by atoms with E-state index in [2.05, 4.69) is 0 Å². The minimum absolute atomic E-state index is 0.0443. The van der Waals surface area contributed by atoms with Crippen LogP contribution in [0.25, 0.3) is 0 Å². The van der Waals surface area contributed by atoms with Gasteiger partial charge in [0.05, 0.1) is 25.6 Å². The van der Waals surface area contributed by atoms with E-state index in [9.17, 15) is 14.4 Å². The monoisotopic (exact) mass is 346 g/mol. The molecule has 25 heavy (non-hydrogen) atoms. The Kier molecular flexibility index (Phi) is 5.03. The Labute approximate surface area is 146 Å². The smallest absolute Gasteiger partial charge is 0.334 e. The molecule has 2 amide bonds. The molecule has 0 spiro atoms. The molecule has 0 unspecified atom stereocenters. The highest BCUT2D eigenvalue weighted by Gasteiger charge is 2.34. The molecule has 2 atom stereocenters. The van der Waals surface area contributed by atoms with E-state index in [0.29, 0.717) is 13.1 Å². The highest BCUT2D eigenvalue weighted by molar-refractivity contribution is 5.81. The maximum absolute atomic E-state index is 12.8. The normalized spacial score (nSPS) is 23.1. The van der Waals surface area contributed by atoms with Gasteiger partial charge in [0.1, 0.15) is 0 Å². The van der Waals surface area contributed by atoms with Gasteiger partial charge < -0.3 is 19.6 Å². The summed E-state index contributed by atoms with van der Waals surface area (Å²) in [6, 6.07) is 7.55. The summed E-state index contributed by atoms with van der Waals surface area (Å²) in [5.74, 6) is -1.27. The molecule has 1 fully saturated rings. The maximum Gasteiger partial charge on any atom is 0.334 e. The Balaban J connectivity index is 1.78. The predicted molar refractivity (Wildman–Crippen MR) is 88.8 cm³/mol. The van der Waals surface area contributed by atoms with Crippen LogP contribution < -0.4 is 0 Å². The van der Waals surface area contributed by atoms with Crippen molar-refractivity contribution in [3.8, 4) is 0 Å². The van der Waals surface area contributed by atoms with Crippen LogP contribution in [0.2, 0.25) is 0 Å². The Hall–Kier alpha value is -2.41. The molecule has 1 aromatic rings. The fraction of sp³-hybridized carbons (Fsp3) is 0.500. The number of carboxylic acid groups (broad SMARTS) is 1. The minimum Gasteiger partial charge on any atom is -0.479 e. The van der Waals surface area contributed by atoms with Gasteiger partial charge in [-0.3, -0.25) is 9.59 Å². The van der Waals surface area contributed by atoms with Gasteiger partial charge in [0.15, 0.2) is 6.10 Å². The second-order valence-corrected chi connectivity index (χ2v) is 6.42. The molecule has 1 aromatic carbocycles. The van der Waals surface area contributed by atoms with Crippen molar-refractivity contribution >= 4 is 17.8 Å². The standard InChI is InChI=1S/C18H22N2O5/c1-12(21)20-7-6-13-4-2-3-5-14(13)15(20)10-17(22)19-8-9-25-16(11-19)18(23)24/h2-5,15-16H,6-11H2,1H3,(H,23,24)/t15-,16+/m0/s1. The number of rotatable bonds is 3. The first kappa shape index (κ1) is 17.4. The Morgan fingerprint density at radius 1 is 1.24 bits per heavy atom. The Morgan fingerprint density at radius 2 is 2.00 bits per heavy atom. The third kappa shape index (κ3) is 3.66.